The normalized spacial score (nSPS) is 15.7. The Hall–Kier alpha value is -0.861. The first-order valence-electron chi connectivity index (χ1n) is 4.84. The van der Waals surface area contributed by atoms with E-state index in [4.69, 9.17) is 0 Å². The van der Waals surface area contributed by atoms with Crippen LogP contribution in [-0.2, 0) is 12.8 Å². The molecule has 14 heavy (non-hydrogen) atoms. The summed E-state index contributed by atoms with van der Waals surface area (Å²) in [5.41, 5.74) is 2.46. The van der Waals surface area contributed by atoms with E-state index in [0.29, 0.717) is 0 Å². The number of H-pyrrole nitrogens is 1. The van der Waals surface area contributed by atoms with E-state index in [2.05, 4.69) is 9.97 Å². The number of nitrogens with one attached hydrogen (secondary N) is 1. The van der Waals surface area contributed by atoms with Gasteiger partial charge >= 0.3 is 86.6 Å². The van der Waals surface area contributed by atoms with Crippen molar-refractivity contribution in [2.45, 2.75) is 25.7 Å². The Labute approximate surface area is 86.9 Å². The van der Waals surface area contributed by atoms with E-state index < -0.39 is 0 Å². The predicted molar refractivity (Wildman–Crippen MR) is 55.9 cm³/mol. The molecule has 0 aromatic carbocycles. The topological polar surface area (TPSA) is 45.8 Å². The molecule has 72 valence electrons. The van der Waals surface area contributed by atoms with Gasteiger partial charge in [0.25, 0.3) is 0 Å². The first-order valence-corrected chi connectivity index (χ1v) is 6.55. The Balaban J connectivity index is 2.42. The van der Waals surface area contributed by atoms with E-state index in [1.165, 1.54) is 35.6 Å². The molecule has 1 aliphatic rings. The van der Waals surface area contributed by atoms with Gasteiger partial charge in [-0.2, -0.15) is 0 Å². The molecule has 0 saturated heterocycles. The molecule has 0 aliphatic heterocycles. The van der Waals surface area contributed by atoms with Crippen LogP contribution in [0.15, 0.2) is 11.1 Å². The average Bonchev–Trinajstić information content (AvgIpc) is 2.59. The summed E-state index contributed by atoms with van der Waals surface area (Å²) in [5.74, 6) is 0. The fraction of sp³-hybridized carbons (Fsp3) is 0.400. The van der Waals surface area contributed by atoms with Gasteiger partial charge in [0.15, 0.2) is 0 Å². The third kappa shape index (κ3) is 1.11. The first kappa shape index (κ1) is 8.45. The van der Waals surface area contributed by atoms with Crippen LogP contribution in [0.1, 0.15) is 22.8 Å². The van der Waals surface area contributed by atoms with Crippen molar-refractivity contribution in [3.8, 4) is 0 Å². The third-order valence-corrected chi connectivity index (χ3v) is 5.42. The number of aromatic amines is 1. The number of aryl methyl sites for hydroxylation is 2. The summed E-state index contributed by atoms with van der Waals surface area (Å²) < 4.78 is 2.47. The minimum absolute atomic E-state index is 0.0735. The van der Waals surface area contributed by atoms with Gasteiger partial charge < -0.3 is 0 Å². The van der Waals surface area contributed by atoms with E-state index in [1.54, 1.807) is 0 Å². The molecule has 1 N–H and O–H groups in total. The number of rotatable bonds is 0. The van der Waals surface area contributed by atoms with Crippen LogP contribution >= 0.6 is 0 Å². The standard InChI is InChI=1S/C10H10N2OSe/c13-10-9-8(11-5-12-10)6-3-1-2-4-7(6)14-9/h5H,1-4H2,(H,11,12,13). The van der Waals surface area contributed by atoms with Crippen molar-refractivity contribution in [3.63, 3.8) is 0 Å². The zero-order valence-electron chi connectivity index (χ0n) is 7.67. The Bertz CT molecular complexity index is 541. The van der Waals surface area contributed by atoms with Gasteiger partial charge in [-0.05, 0) is 0 Å². The van der Waals surface area contributed by atoms with Gasteiger partial charge in [0.2, 0.25) is 0 Å². The number of aromatic nitrogens is 2. The van der Waals surface area contributed by atoms with Crippen molar-refractivity contribution in [1.82, 2.24) is 9.97 Å². The average molecular weight is 253 g/mol. The van der Waals surface area contributed by atoms with Gasteiger partial charge in [-0.3, -0.25) is 0 Å². The van der Waals surface area contributed by atoms with Crippen LogP contribution in [0.2, 0.25) is 0 Å². The van der Waals surface area contributed by atoms with Crippen LogP contribution in [0.5, 0.6) is 0 Å². The zero-order chi connectivity index (χ0) is 9.54. The molecule has 0 fully saturated rings. The molecule has 2 aromatic rings. The van der Waals surface area contributed by atoms with Gasteiger partial charge in [-0.25, -0.2) is 0 Å². The Morgan fingerprint density at radius 1 is 1.36 bits per heavy atom. The van der Waals surface area contributed by atoms with Crippen LogP contribution in [0.3, 0.4) is 0 Å². The van der Waals surface area contributed by atoms with Gasteiger partial charge in [0.1, 0.15) is 0 Å². The molecule has 0 atom stereocenters. The van der Waals surface area contributed by atoms with Gasteiger partial charge in [-0.1, -0.05) is 0 Å². The van der Waals surface area contributed by atoms with Crippen LogP contribution in [0, 0.1) is 0 Å². The van der Waals surface area contributed by atoms with Crippen molar-refractivity contribution in [2.75, 3.05) is 0 Å². The number of nitrogens with zero attached hydrogens (tertiary/aromatic N) is 1. The van der Waals surface area contributed by atoms with E-state index in [0.717, 1.165) is 16.2 Å². The fourth-order valence-corrected chi connectivity index (χ4v) is 4.66. The molecule has 0 unspecified atom stereocenters. The van der Waals surface area contributed by atoms with Gasteiger partial charge in [-0.15, -0.1) is 0 Å². The molecule has 0 radical (unpaired) electrons. The van der Waals surface area contributed by atoms with Crippen molar-refractivity contribution in [3.05, 3.63) is 26.7 Å². The summed E-state index contributed by atoms with van der Waals surface area (Å²) in [4.78, 5) is 18.5. The molecule has 0 amide bonds. The maximum absolute atomic E-state index is 11.5. The zero-order valence-corrected chi connectivity index (χ0v) is 9.38. The fourth-order valence-electron chi connectivity index (χ4n) is 2.06. The third-order valence-electron chi connectivity index (χ3n) is 2.74. The van der Waals surface area contributed by atoms with Crippen molar-refractivity contribution in [1.29, 1.82) is 0 Å². The van der Waals surface area contributed by atoms with E-state index >= 15 is 0 Å². The van der Waals surface area contributed by atoms with Crippen LogP contribution in [-0.4, -0.2) is 24.5 Å². The Morgan fingerprint density at radius 2 is 2.21 bits per heavy atom. The van der Waals surface area contributed by atoms with Crippen molar-refractivity contribution >= 4 is 24.3 Å². The van der Waals surface area contributed by atoms with E-state index in [-0.39, 0.29) is 20.1 Å². The summed E-state index contributed by atoms with van der Waals surface area (Å²) in [5, 5.41) is 0. The summed E-state index contributed by atoms with van der Waals surface area (Å²) in [6.07, 6.45) is 6.38. The Morgan fingerprint density at radius 3 is 3.14 bits per heavy atom. The minimum atomic E-state index is 0.0735. The Kier molecular flexibility index (Phi) is 1.85. The summed E-state index contributed by atoms with van der Waals surface area (Å²) in [7, 11) is 0. The molecule has 3 rings (SSSR count). The molecular formula is C10H10N2OSe. The second-order valence-electron chi connectivity index (χ2n) is 3.62. The predicted octanol–water partition coefficient (Wildman–Crippen LogP) is 0.859. The number of fused-ring (bicyclic) bond motifs is 3. The molecule has 4 heteroatoms. The molecule has 1 aliphatic carbocycles. The SMILES string of the molecule is O=c1[nH]cnc2c3c([se]c12)CCCC3. The second kappa shape index (κ2) is 3.07. The summed E-state index contributed by atoms with van der Waals surface area (Å²) >= 11 is 0.257. The molecule has 2 aromatic heterocycles. The first-order chi connectivity index (χ1) is 6.86. The van der Waals surface area contributed by atoms with E-state index in [9.17, 15) is 4.79 Å². The van der Waals surface area contributed by atoms with E-state index in [1.807, 2.05) is 0 Å². The number of hydrogen-bond donors (Lipinski definition) is 1. The van der Waals surface area contributed by atoms with Gasteiger partial charge in [0, 0.05) is 0 Å². The monoisotopic (exact) mass is 254 g/mol. The molecular weight excluding hydrogens is 243 g/mol. The molecule has 3 nitrogen and oxygen atoms in total. The quantitative estimate of drug-likeness (QED) is 0.708. The molecule has 0 saturated carbocycles. The second-order valence-corrected chi connectivity index (χ2v) is 5.94. The van der Waals surface area contributed by atoms with Crippen LogP contribution in [0.25, 0.3) is 9.78 Å². The molecule has 0 spiro atoms. The molecule has 0 bridgehead atoms. The molecule has 2 heterocycles. The van der Waals surface area contributed by atoms with Crippen LogP contribution < -0.4 is 5.56 Å². The van der Waals surface area contributed by atoms with Gasteiger partial charge in [0.05, 0.1) is 0 Å². The van der Waals surface area contributed by atoms with Crippen LogP contribution in [0.4, 0.5) is 0 Å². The summed E-state index contributed by atoms with van der Waals surface area (Å²) in [6, 6.07) is 0. The summed E-state index contributed by atoms with van der Waals surface area (Å²) in [6.45, 7) is 0. The van der Waals surface area contributed by atoms with Crippen molar-refractivity contribution in [2.24, 2.45) is 0 Å². The van der Waals surface area contributed by atoms with Crippen molar-refractivity contribution < 1.29 is 0 Å². The number of hydrogen-bond acceptors (Lipinski definition) is 2. The maximum atomic E-state index is 11.5.